The minimum absolute atomic E-state index is 0.0136. The van der Waals surface area contributed by atoms with Crippen LogP contribution in [0.25, 0.3) is 0 Å². The van der Waals surface area contributed by atoms with Gasteiger partial charge in [-0.3, -0.25) is 4.79 Å². The van der Waals surface area contributed by atoms with Crippen molar-refractivity contribution in [2.45, 2.75) is 31.3 Å². The van der Waals surface area contributed by atoms with E-state index in [0.717, 1.165) is 11.6 Å². The van der Waals surface area contributed by atoms with Crippen molar-refractivity contribution in [2.75, 3.05) is 6.61 Å². The fraction of sp³-hybridized carbons (Fsp3) is 0.231. The molecule has 6 nitrogen and oxygen atoms in total. The first kappa shape index (κ1) is 21.7. The summed E-state index contributed by atoms with van der Waals surface area (Å²) < 4.78 is 46.3. The number of nitriles is 1. The molecule has 0 spiro atoms. The Morgan fingerprint density at radius 3 is 2.71 bits per heavy atom. The minimum Gasteiger partial charge on any atom is -0.492 e. The second kappa shape index (κ2) is 8.67. The van der Waals surface area contributed by atoms with Crippen molar-refractivity contribution in [2.24, 2.45) is 0 Å². The summed E-state index contributed by atoms with van der Waals surface area (Å²) in [5, 5.41) is 17.9. The van der Waals surface area contributed by atoms with E-state index in [-0.39, 0.29) is 23.7 Å². The number of hydrogen-bond acceptors (Lipinski definition) is 5. The Hall–Kier alpha value is -4.12. The standard InChI is InChI=1S/C26H19F2NO5/c27-20-6-8-22(33-16-2-1-14(12-29)21(28)10-16)19-5-7-23(26(19)20)34-17-3-4-18-15(9-25(30)31)13-32-24(18)11-17/h1-4,6,8,10-11,15,23H,5,7,9,13H2,(H,30,31)/t15?,23-/m1/s1. The molecule has 0 radical (unpaired) electrons. The second-order valence-corrected chi connectivity index (χ2v) is 8.24. The summed E-state index contributed by atoms with van der Waals surface area (Å²) in [6.07, 6.45) is 0.466. The van der Waals surface area contributed by atoms with E-state index in [1.54, 1.807) is 24.3 Å². The normalized spacial score (nSPS) is 17.9. The van der Waals surface area contributed by atoms with E-state index in [0.29, 0.717) is 47.8 Å². The molecule has 1 aliphatic carbocycles. The third-order valence-corrected chi connectivity index (χ3v) is 6.09. The molecule has 0 fully saturated rings. The van der Waals surface area contributed by atoms with Crippen LogP contribution in [0.1, 0.15) is 47.1 Å². The monoisotopic (exact) mass is 463 g/mol. The number of halogens is 2. The molecule has 34 heavy (non-hydrogen) atoms. The fourth-order valence-corrected chi connectivity index (χ4v) is 4.51. The zero-order valence-corrected chi connectivity index (χ0v) is 17.9. The number of aliphatic carboxylic acids is 1. The van der Waals surface area contributed by atoms with Crippen LogP contribution in [0.5, 0.6) is 23.0 Å². The highest BCUT2D eigenvalue weighted by Crippen LogP contribution is 2.44. The molecule has 5 rings (SSSR count). The van der Waals surface area contributed by atoms with Crippen molar-refractivity contribution < 1.29 is 32.9 Å². The molecular weight excluding hydrogens is 444 g/mol. The Balaban J connectivity index is 1.37. The third-order valence-electron chi connectivity index (χ3n) is 6.09. The first-order valence-electron chi connectivity index (χ1n) is 10.8. The lowest BCUT2D eigenvalue weighted by Crippen LogP contribution is -2.07. The molecule has 2 aliphatic rings. The molecule has 3 aromatic carbocycles. The first-order chi connectivity index (χ1) is 16.4. The van der Waals surface area contributed by atoms with Gasteiger partial charge in [-0.05, 0) is 43.2 Å². The smallest absolute Gasteiger partial charge is 0.304 e. The van der Waals surface area contributed by atoms with Crippen LogP contribution in [0.3, 0.4) is 0 Å². The molecule has 172 valence electrons. The molecule has 1 heterocycles. The van der Waals surface area contributed by atoms with Gasteiger partial charge in [-0.15, -0.1) is 0 Å². The lowest BCUT2D eigenvalue weighted by molar-refractivity contribution is -0.137. The number of carboxylic acid groups (broad SMARTS) is 1. The highest BCUT2D eigenvalue weighted by atomic mass is 19.1. The summed E-state index contributed by atoms with van der Waals surface area (Å²) in [7, 11) is 0. The summed E-state index contributed by atoms with van der Waals surface area (Å²) in [5.74, 6) is -0.532. The molecule has 2 atom stereocenters. The molecular formula is C26H19F2NO5. The van der Waals surface area contributed by atoms with E-state index < -0.39 is 23.7 Å². The van der Waals surface area contributed by atoms with Crippen LogP contribution in [0, 0.1) is 23.0 Å². The zero-order valence-electron chi connectivity index (χ0n) is 17.9. The minimum atomic E-state index is -0.887. The number of benzene rings is 3. The van der Waals surface area contributed by atoms with Gasteiger partial charge in [-0.2, -0.15) is 5.26 Å². The third kappa shape index (κ3) is 4.01. The van der Waals surface area contributed by atoms with Gasteiger partial charge in [0.15, 0.2) is 0 Å². The number of ether oxygens (including phenoxy) is 3. The second-order valence-electron chi connectivity index (χ2n) is 8.24. The van der Waals surface area contributed by atoms with Crippen molar-refractivity contribution in [1.29, 1.82) is 5.26 Å². The van der Waals surface area contributed by atoms with E-state index in [4.69, 9.17) is 24.6 Å². The average molecular weight is 463 g/mol. The number of nitrogens with zero attached hydrogens (tertiary/aromatic N) is 1. The van der Waals surface area contributed by atoms with E-state index in [2.05, 4.69) is 0 Å². The van der Waals surface area contributed by atoms with E-state index in [1.165, 1.54) is 24.3 Å². The number of rotatable bonds is 6. The maximum Gasteiger partial charge on any atom is 0.304 e. The van der Waals surface area contributed by atoms with Crippen molar-refractivity contribution in [1.82, 2.24) is 0 Å². The van der Waals surface area contributed by atoms with Crippen LogP contribution in [0.4, 0.5) is 8.78 Å². The molecule has 0 saturated carbocycles. The van der Waals surface area contributed by atoms with Crippen LogP contribution >= 0.6 is 0 Å². The molecule has 3 aromatic rings. The number of carbonyl (C=O) groups is 1. The van der Waals surface area contributed by atoms with Crippen LogP contribution in [0.2, 0.25) is 0 Å². The van der Waals surface area contributed by atoms with Gasteiger partial charge in [0.25, 0.3) is 0 Å². The van der Waals surface area contributed by atoms with Crippen LogP contribution in [0.15, 0.2) is 48.5 Å². The molecule has 1 unspecified atom stereocenters. The Bertz CT molecular complexity index is 1330. The average Bonchev–Trinajstić information content (AvgIpc) is 3.40. The lowest BCUT2D eigenvalue weighted by atomic mass is 9.98. The predicted molar refractivity (Wildman–Crippen MR) is 116 cm³/mol. The highest BCUT2D eigenvalue weighted by molar-refractivity contribution is 5.68. The van der Waals surface area contributed by atoms with Gasteiger partial charge in [0, 0.05) is 34.7 Å². The summed E-state index contributed by atoms with van der Waals surface area (Å²) in [4.78, 5) is 11.0. The van der Waals surface area contributed by atoms with E-state index in [9.17, 15) is 13.6 Å². The predicted octanol–water partition coefficient (Wildman–Crippen LogP) is 5.65. The Kier molecular flexibility index (Phi) is 5.54. The van der Waals surface area contributed by atoms with Crippen molar-refractivity contribution in [3.05, 3.63) is 82.4 Å². The fourth-order valence-electron chi connectivity index (χ4n) is 4.51. The van der Waals surface area contributed by atoms with Crippen LogP contribution in [-0.2, 0) is 11.2 Å². The van der Waals surface area contributed by atoms with Gasteiger partial charge < -0.3 is 19.3 Å². The lowest BCUT2D eigenvalue weighted by Gasteiger charge is -2.17. The van der Waals surface area contributed by atoms with Gasteiger partial charge in [-0.1, -0.05) is 6.07 Å². The van der Waals surface area contributed by atoms with Crippen molar-refractivity contribution in [3.8, 4) is 29.1 Å². The molecule has 1 aliphatic heterocycles. The summed E-state index contributed by atoms with van der Waals surface area (Å²) in [5.41, 5.74) is 1.77. The van der Waals surface area contributed by atoms with Gasteiger partial charge in [0.1, 0.15) is 46.8 Å². The Labute approximate surface area is 193 Å². The van der Waals surface area contributed by atoms with Crippen molar-refractivity contribution in [3.63, 3.8) is 0 Å². The molecule has 0 bridgehead atoms. The van der Waals surface area contributed by atoms with Gasteiger partial charge in [0.2, 0.25) is 0 Å². The zero-order chi connectivity index (χ0) is 23.8. The Morgan fingerprint density at radius 1 is 1.12 bits per heavy atom. The largest absolute Gasteiger partial charge is 0.492 e. The molecule has 0 amide bonds. The van der Waals surface area contributed by atoms with Crippen LogP contribution in [-0.4, -0.2) is 17.7 Å². The quantitative estimate of drug-likeness (QED) is 0.509. The van der Waals surface area contributed by atoms with E-state index >= 15 is 0 Å². The molecule has 0 saturated heterocycles. The van der Waals surface area contributed by atoms with Crippen LogP contribution < -0.4 is 14.2 Å². The molecule has 0 aromatic heterocycles. The number of hydrogen-bond donors (Lipinski definition) is 1. The van der Waals surface area contributed by atoms with Crippen molar-refractivity contribution >= 4 is 5.97 Å². The van der Waals surface area contributed by atoms with E-state index in [1.807, 2.05) is 0 Å². The van der Waals surface area contributed by atoms with Gasteiger partial charge in [0.05, 0.1) is 18.6 Å². The topological polar surface area (TPSA) is 88.8 Å². The summed E-state index contributed by atoms with van der Waals surface area (Å²) in [6, 6.07) is 13.7. The Morgan fingerprint density at radius 2 is 1.94 bits per heavy atom. The molecule has 1 N–H and O–H groups in total. The summed E-state index contributed by atoms with van der Waals surface area (Å²) >= 11 is 0. The number of fused-ring (bicyclic) bond motifs is 2. The number of carboxylic acids is 1. The maximum atomic E-state index is 14.8. The summed E-state index contributed by atoms with van der Waals surface area (Å²) in [6.45, 7) is 0.294. The molecule has 8 heteroatoms. The van der Waals surface area contributed by atoms with Gasteiger partial charge >= 0.3 is 5.97 Å². The first-order valence-corrected chi connectivity index (χ1v) is 10.8. The highest BCUT2D eigenvalue weighted by Gasteiger charge is 2.32. The SMILES string of the molecule is N#Cc1ccc(Oc2ccc(F)c3c2CC[C@H]3Oc2ccc3c(c2)OCC3CC(=O)O)cc1F. The maximum absolute atomic E-state index is 14.8. The van der Waals surface area contributed by atoms with Gasteiger partial charge in [-0.25, -0.2) is 8.78 Å².